The van der Waals surface area contributed by atoms with E-state index in [1.54, 1.807) is 6.92 Å². The molecule has 0 aliphatic carbocycles. The summed E-state index contributed by atoms with van der Waals surface area (Å²) in [6.07, 6.45) is -0.566. The highest BCUT2D eigenvalue weighted by Crippen LogP contribution is 2.22. The van der Waals surface area contributed by atoms with E-state index in [1.807, 2.05) is 13.8 Å². The molecule has 0 heterocycles. The van der Waals surface area contributed by atoms with E-state index in [0.29, 0.717) is 12.3 Å². The van der Waals surface area contributed by atoms with Gasteiger partial charge in [-0.15, -0.1) is 0 Å². The van der Waals surface area contributed by atoms with Gasteiger partial charge >= 0.3 is 0 Å². The lowest BCUT2D eigenvalue weighted by Crippen LogP contribution is -2.22. The Kier molecular flexibility index (Phi) is 5.43. The van der Waals surface area contributed by atoms with Crippen LogP contribution in [-0.4, -0.2) is 12.3 Å². The highest BCUT2D eigenvalue weighted by atomic mass is 19.1. The Labute approximate surface area is 74.4 Å². The molecule has 0 radical (unpaired) electrons. The first-order valence-electron chi connectivity index (χ1n) is 4.77. The van der Waals surface area contributed by atoms with Gasteiger partial charge in [0.1, 0.15) is 12.3 Å². The second kappa shape index (κ2) is 5.50. The van der Waals surface area contributed by atoms with Crippen molar-refractivity contribution < 1.29 is 8.78 Å². The van der Waals surface area contributed by atoms with Crippen LogP contribution in [-0.2, 0) is 0 Å². The predicted molar refractivity (Wildman–Crippen MR) is 48.7 cm³/mol. The SMILES string of the molecule is CCC(C)C[C@@H](F)C(C)C(C)F. The largest absolute Gasteiger partial charge is 0.247 e. The Balaban J connectivity index is 3.78. The zero-order chi connectivity index (χ0) is 9.72. The molecule has 0 aliphatic heterocycles. The molecule has 0 fully saturated rings. The van der Waals surface area contributed by atoms with Gasteiger partial charge < -0.3 is 0 Å². The molecule has 0 saturated heterocycles. The molecule has 0 spiro atoms. The Morgan fingerprint density at radius 2 is 1.58 bits per heavy atom. The molecule has 0 bridgehead atoms. The van der Waals surface area contributed by atoms with E-state index in [0.717, 1.165) is 6.42 Å². The van der Waals surface area contributed by atoms with E-state index in [-0.39, 0.29) is 0 Å². The van der Waals surface area contributed by atoms with Gasteiger partial charge in [-0.2, -0.15) is 0 Å². The lowest BCUT2D eigenvalue weighted by molar-refractivity contribution is 0.129. The van der Waals surface area contributed by atoms with Crippen molar-refractivity contribution >= 4 is 0 Å². The molecule has 4 atom stereocenters. The minimum absolute atomic E-state index is 0.362. The summed E-state index contributed by atoms with van der Waals surface area (Å²) in [5, 5.41) is 0. The first-order valence-corrected chi connectivity index (χ1v) is 4.77. The minimum atomic E-state index is -1.04. The van der Waals surface area contributed by atoms with Crippen molar-refractivity contribution in [1.29, 1.82) is 0 Å². The van der Waals surface area contributed by atoms with Crippen molar-refractivity contribution in [3.05, 3.63) is 0 Å². The Bertz CT molecular complexity index is 112. The lowest BCUT2D eigenvalue weighted by atomic mass is 9.92. The average Bonchev–Trinajstić information content (AvgIpc) is 2.02. The molecule has 3 unspecified atom stereocenters. The quantitative estimate of drug-likeness (QED) is 0.601. The van der Waals surface area contributed by atoms with Crippen LogP contribution < -0.4 is 0 Å². The van der Waals surface area contributed by atoms with Crippen LogP contribution in [0.4, 0.5) is 8.78 Å². The number of hydrogen-bond acceptors (Lipinski definition) is 0. The highest BCUT2D eigenvalue weighted by molar-refractivity contribution is 4.71. The van der Waals surface area contributed by atoms with Gasteiger partial charge in [0.2, 0.25) is 0 Å². The summed E-state index contributed by atoms with van der Waals surface area (Å²) in [7, 11) is 0. The van der Waals surface area contributed by atoms with E-state index in [1.165, 1.54) is 6.92 Å². The molecule has 2 heteroatoms. The first-order chi connectivity index (χ1) is 5.49. The van der Waals surface area contributed by atoms with Crippen molar-refractivity contribution in [1.82, 2.24) is 0 Å². The Morgan fingerprint density at radius 1 is 1.08 bits per heavy atom. The summed E-state index contributed by atoms with van der Waals surface area (Å²) in [5.74, 6) is -0.0970. The van der Waals surface area contributed by atoms with Crippen LogP contribution in [0.5, 0.6) is 0 Å². The summed E-state index contributed by atoms with van der Waals surface area (Å²) in [5.41, 5.74) is 0. The van der Waals surface area contributed by atoms with E-state index in [4.69, 9.17) is 0 Å². The van der Waals surface area contributed by atoms with Crippen molar-refractivity contribution in [2.75, 3.05) is 0 Å². The Morgan fingerprint density at radius 3 is 1.92 bits per heavy atom. The molecular weight excluding hydrogens is 158 g/mol. The van der Waals surface area contributed by atoms with E-state index in [2.05, 4.69) is 0 Å². The molecular formula is C10H20F2. The third-order valence-corrected chi connectivity index (χ3v) is 2.62. The van der Waals surface area contributed by atoms with Crippen LogP contribution >= 0.6 is 0 Å². The van der Waals surface area contributed by atoms with Crippen LogP contribution in [0.15, 0.2) is 0 Å². The van der Waals surface area contributed by atoms with Crippen LogP contribution in [0.2, 0.25) is 0 Å². The second-order valence-corrected chi connectivity index (χ2v) is 3.80. The molecule has 0 N–H and O–H groups in total. The number of hydrogen-bond donors (Lipinski definition) is 0. The zero-order valence-corrected chi connectivity index (χ0v) is 8.48. The summed E-state index contributed by atoms with van der Waals surface area (Å²) in [6.45, 7) is 7.09. The third-order valence-electron chi connectivity index (χ3n) is 2.62. The molecule has 0 rings (SSSR count). The molecule has 0 nitrogen and oxygen atoms in total. The van der Waals surface area contributed by atoms with Gasteiger partial charge in [0.15, 0.2) is 0 Å². The zero-order valence-electron chi connectivity index (χ0n) is 8.48. The molecule has 0 aromatic carbocycles. The first kappa shape index (κ1) is 11.9. The van der Waals surface area contributed by atoms with Crippen LogP contribution in [0.3, 0.4) is 0 Å². The monoisotopic (exact) mass is 178 g/mol. The summed E-state index contributed by atoms with van der Waals surface area (Å²) in [4.78, 5) is 0. The highest BCUT2D eigenvalue weighted by Gasteiger charge is 2.23. The fraction of sp³-hybridized carbons (Fsp3) is 1.00. The van der Waals surface area contributed by atoms with Gasteiger partial charge in [0.05, 0.1) is 0 Å². The van der Waals surface area contributed by atoms with Gasteiger partial charge in [-0.25, -0.2) is 8.78 Å². The molecule has 0 aromatic rings. The maximum atomic E-state index is 13.2. The number of alkyl halides is 2. The van der Waals surface area contributed by atoms with E-state index >= 15 is 0 Å². The second-order valence-electron chi connectivity index (χ2n) is 3.80. The minimum Gasteiger partial charge on any atom is -0.247 e. The molecule has 12 heavy (non-hydrogen) atoms. The van der Waals surface area contributed by atoms with Crippen molar-refractivity contribution in [3.63, 3.8) is 0 Å². The topological polar surface area (TPSA) is 0 Å². The lowest BCUT2D eigenvalue weighted by Gasteiger charge is -2.20. The molecule has 0 amide bonds. The fourth-order valence-electron chi connectivity index (χ4n) is 1.05. The van der Waals surface area contributed by atoms with Gasteiger partial charge in [0.25, 0.3) is 0 Å². The summed E-state index contributed by atoms with van der Waals surface area (Å²) in [6, 6.07) is 0. The van der Waals surface area contributed by atoms with Gasteiger partial charge in [-0.1, -0.05) is 27.2 Å². The maximum absolute atomic E-state index is 13.2. The third kappa shape index (κ3) is 4.03. The van der Waals surface area contributed by atoms with Gasteiger partial charge in [-0.05, 0) is 19.3 Å². The number of rotatable bonds is 5. The van der Waals surface area contributed by atoms with Gasteiger partial charge in [-0.3, -0.25) is 0 Å². The summed E-state index contributed by atoms with van der Waals surface area (Å²) >= 11 is 0. The van der Waals surface area contributed by atoms with Crippen LogP contribution in [0, 0.1) is 11.8 Å². The van der Waals surface area contributed by atoms with Crippen LogP contribution in [0.1, 0.15) is 40.5 Å². The molecule has 74 valence electrons. The van der Waals surface area contributed by atoms with Crippen molar-refractivity contribution in [2.45, 2.75) is 52.9 Å². The normalized spacial score (nSPS) is 21.5. The fourth-order valence-corrected chi connectivity index (χ4v) is 1.05. The van der Waals surface area contributed by atoms with Crippen molar-refractivity contribution in [2.24, 2.45) is 11.8 Å². The van der Waals surface area contributed by atoms with Crippen LogP contribution in [0.25, 0.3) is 0 Å². The van der Waals surface area contributed by atoms with E-state index in [9.17, 15) is 8.78 Å². The Hall–Kier alpha value is -0.140. The van der Waals surface area contributed by atoms with E-state index < -0.39 is 18.3 Å². The standard InChI is InChI=1S/C10H20F2/c1-5-7(2)6-10(12)8(3)9(4)11/h7-10H,5-6H2,1-4H3/t7?,8?,9?,10-/m1/s1. The molecule has 0 aromatic heterocycles. The number of halogens is 2. The molecule has 0 aliphatic rings. The summed E-state index contributed by atoms with van der Waals surface area (Å²) < 4.78 is 25.9. The van der Waals surface area contributed by atoms with Gasteiger partial charge in [0, 0.05) is 5.92 Å². The van der Waals surface area contributed by atoms with Crippen molar-refractivity contribution in [3.8, 4) is 0 Å². The predicted octanol–water partition coefficient (Wildman–Crippen LogP) is 3.75. The smallest absolute Gasteiger partial charge is 0.106 e. The molecule has 0 saturated carbocycles. The maximum Gasteiger partial charge on any atom is 0.106 e. The average molecular weight is 178 g/mol.